The first kappa shape index (κ1) is 21.0. The van der Waals surface area contributed by atoms with E-state index in [2.05, 4.69) is 58.0 Å². The lowest BCUT2D eigenvalue weighted by Gasteiger charge is -2.32. The van der Waals surface area contributed by atoms with E-state index in [0.717, 1.165) is 28.3 Å². The van der Waals surface area contributed by atoms with Crippen LogP contribution in [0.15, 0.2) is 71.8 Å². The number of nitrogens with zero attached hydrogens (tertiary/aromatic N) is 2. The number of fused-ring (bicyclic) bond motifs is 1. The van der Waals surface area contributed by atoms with E-state index < -0.39 is 0 Å². The molecule has 0 bridgehead atoms. The van der Waals surface area contributed by atoms with Crippen LogP contribution in [0.4, 0.5) is 10.6 Å². The highest BCUT2D eigenvalue weighted by Gasteiger charge is 2.32. The second-order valence-corrected chi connectivity index (χ2v) is 8.13. The first-order valence-corrected chi connectivity index (χ1v) is 10.7. The molecular formula is C24H26ClN5O. The summed E-state index contributed by atoms with van der Waals surface area (Å²) in [7, 11) is 0. The molecular weight excluding hydrogens is 410 g/mol. The summed E-state index contributed by atoms with van der Waals surface area (Å²) >= 11 is 6.27. The van der Waals surface area contributed by atoms with E-state index >= 15 is 0 Å². The monoisotopic (exact) mass is 435 g/mol. The Labute approximate surface area is 187 Å². The number of allylic oxidation sites excluding steroid dienone is 4. The van der Waals surface area contributed by atoms with Crippen molar-refractivity contribution < 1.29 is 4.79 Å². The largest absolute Gasteiger partial charge is 0.363 e. The van der Waals surface area contributed by atoms with Crippen LogP contribution >= 0.6 is 11.6 Å². The third-order valence-corrected chi connectivity index (χ3v) is 5.71. The summed E-state index contributed by atoms with van der Waals surface area (Å²) in [6.45, 7) is 6.67. The van der Waals surface area contributed by atoms with E-state index in [1.54, 1.807) is 6.20 Å². The molecule has 0 fully saturated rings. The summed E-state index contributed by atoms with van der Waals surface area (Å²) in [5.74, 6) is 0.528. The van der Waals surface area contributed by atoms with Crippen LogP contribution in [-0.4, -0.2) is 28.6 Å². The molecule has 2 amide bonds. The second-order valence-electron chi connectivity index (χ2n) is 7.69. The maximum absolute atomic E-state index is 11.7. The van der Waals surface area contributed by atoms with Gasteiger partial charge in [-0.25, -0.2) is 9.78 Å². The third kappa shape index (κ3) is 4.59. The summed E-state index contributed by atoms with van der Waals surface area (Å²) in [4.78, 5) is 18.3. The fraction of sp³-hybridized carbons (Fsp3) is 0.250. The Morgan fingerprint density at radius 2 is 2.10 bits per heavy atom. The highest BCUT2D eigenvalue weighted by molar-refractivity contribution is 6.30. The fourth-order valence-corrected chi connectivity index (χ4v) is 4.02. The smallest absolute Gasteiger partial charge is 0.320 e. The Kier molecular flexibility index (Phi) is 6.00. The lowest BCUT2D eigenvalue weighted by molar-refractivity contribution is 0.252. The van der Waals surface area contributed by atoms with Gasteiger partial charge in [0.25, 0.3) is 0 Å². The Bertz CT molecular complexity index is 1090. The minimum absolute atomic E-state index is 0.0593. The molecule has 160 valence electrons. The number of hydrogen-bond acceptors (Lipinski definition) is 4. The molecule has 3 heterocycles. The number of carbonyl (C=O) groups is 1. The molecule has 2 aromatic rings. The van der Waals surface area contributed by atoms with Gasteiger partial charge in [0, 0.05) is 47.4 Å². The Hall–Kier alpha value is -3.25. The van der Waals surface area contributed by atoms with Crippen molar-refractivity contribution in [2.24, 2.45) is 0 Å². The maximum Gasteiger partial charge on any atom is 0.320 e. The number of nitrogens with one attached hydrogen (secondary N) is 3. The van der Waals surface area contributed by atoms with Gasteiger partial charge in [-0.1, -0.05) is 29.8 Å². The second kappa shape index (κ2) is 8.86. The maximum atomic E-state index is 11.7. The van der Waals surface area contributed by atoms with Crippen LogP contribution in [0.1, 0.15) is 31.9 Å². The minimum atomic E-state index is -0.253. The van der Waals surface area contributed by atoms with Crippen molar-refractivity contribution in [3.8, 4) is 0 Å². The number of hydrogen-bond donors (Lipinski definition) is 3. The molecule has 0 radical (unpaired) electrons. The number of amides is 2. The van der Waals surface area contributed by atoms with Crippen LogP contribution in [0.3, 0.4) is 0 Å². The van der Waals surface area contributed by atoms with Crippen LogP contribution in [0, 0.1) is 0 Å². The van der Waals surface area contributed by atoms with Gasteiger partial charge in [0.05, 0.1) is 0 Å². The van der Waals surface area contributed by atoms with Gasteiger partial charge in [-0.05, 0) is 61.7 Å². The van der Waals surface area contributed by atoms with E-state index in [4.69, 9.17) is 11.6 Å². The highest BCUT2D eigenvalue weighted by atomic mass is 35.5. The Balaban J connectivity index is 1.59. The van der Waals surface area contributed by atoms with Gasteiger partial charge in [0.1, 0.15) is 12.0 Å². The van der Waals surface area contributed by atoms with Crippen molar-refractivity contribution in [3.05, 3.63) is 88.0 Å². The van der Waals surface area contributed by atoms with E-state index in [0.29, 0.717) is 12.4 Å². The zero-order chi connectivity index (χ0) is 22.0. The summed E-state index contributed by atoms with van der Waals surface area (Å²) < 4.78 is 0. The van der Waals surface area contributed by atoms with Crippen LogP contribution in [-0.2, 0) is 6.42 Å². The average molecular weight is 436 g/mol. The van der Waals surface area contributed by atoms with Crippen LogP contribution in [0.2, 0.25) is 5.02 Å². The van der Waals surface area contributed by atoms with Crippen molar-refractivity contribution in [2.45, 2.75) is 33.4 Å². The molecule has 3 N–H and O–H groups in total. The molecule has 4 rings (SSSR count). The molecule has 0 saturated heterocycles. The standard InChI is InChI=1S/C24H26ClN5O/c1-4-26-24(31)29-22-9-8-17(13-27-22)10-18-11-21(19-6-5-7-20(25)12-19)23-28-15(2)16(3)30(23)14-18/h5-9,11-14,23,28H,4,10H2,1-3H3,(H2,26,27,29,31). The number of carbonyl (C=O) groups excluding carboxylic acids is 1. The highest BCUT2D eigenvalue weighted by Crippen LogP contribution is 2.36. The molecule has 31 heavy (non-hydrogen) atoms. The normalized spacial score (nSPS) is 17.5. The number of benzene rings is 1. The molecule has 2 aliphatic rings. The van der Waals surface area contributed by atoms with Gasteiger partial charge >= 0.3 is 6.03 Å². The molecule has 1 aromatic heterocycles. The number of rotatable bonds is 5. The van der Waals surface area contributed by atoms with Gasteiger partial charge < -0.3 is 15.5 Å². The molecule has 0 spiro atoms. The molecule has 2 aliphatic heterocycles. The lowest BCUT2D eigenvalue weighted by Crippen LogP contribution is -2.37. The number of urea groups is 1. The van der Waals surface area contributed by atoms with E-state index in [1.165, 1.54) is 16.8 Å². The fourth-order valence-electron chi connectivity index (χ4n) is 3.83. The van der Waals surface area contributed by atoms with Crippen LogP contribution in [0.5, 0.6) is 0 Å². The first-order valence-electron chi connectivity index (χ1n) is 10.3. The van der Waals surface area contributed by atoms with Gasteiger partial charge in [0.15, 0.2) is 0 Å². The Morgan fingerprint density at radius 3 is 2.81 bits per heavy atom. The number of aromatic nitrogens is 1. The molecule has 1 aromatic carbocycles. The summed E-state index contributed by atoms with van der Waals surface area (Å²) in [5.41, 5.74) is 6.89. The summed E-state index contributed by atoms with van der Waals surface area (Å²) in [6.07, 6.45) is 7.01. The SMILES string of the molecule is CCNC(=O)Nc1ccc(CC2=CN3C(C)=C(C)NC3C(c3cccc(Cl)c3)=C2)cn1. The summed E-state index contributed by atoms with van der Waals surface area (Å²) in [5, 5.41) is 9.73. The lowest BCUT2D eigenvalue weighted by atomic mass is 9.94. The number of pyridine rings is 1. The predicted molar refractivity (Wildman–Crippen MR) is 125 cm³/mol. The quantitative estimate of drug-likeness (QED) is 0.625. The predicted octanol–water partition coefficient (Wildman–Crippen LogP) is 4.88. The van der Waals surface area contributed by atoms with Gasteiger partial charge in [-0.3, -0.25) is 5.32 Å². The third-order valence-electron chi connectivity index (χ3n) is 5.47. The van der Waals surface area contributed by atoms with Gasteiger partial charge in [-0.2, -0.15) is 0 Å². The van der Waals surface area contributed by atoms with Crippen molar-refractivity contribution in [1.82, 2.24) is 20.5 Å². The molecule has 0 aliphatic carbocycles. The van der Waals surface area contributed by atoms with Crippen LogP contribution < -0.4 is 16.0 Å². The van der Waals surface area contributed by atoms with Gasteiger partial charge in [0.2, 0.25) is 0 Å². The Morgan fingerprint density at radius 1 is 1.26 bits per heavy atom. The van der Waals surface area contributed by atoms with Crippen LogP contribution in [0.25, 0.3) is 5.57 Å². The van der Waals surface area contributed by atoms with Crippen molar-refractivity contribution in [3.63, 3.8) is 0 Å². The zero-order valence-electron chi connectivity index (χ0n) is 17.9. The van der Waals surface area contributed by atoms with E-state index in [1.807, 2.05) is 37.3 Å². The molecule has 1 unspecified atom stereocenters. The van der Waals surface area contributed by atoms with Crippen molar-refractivity contribution in [1.29, 1.82) is 0 Å². The van der Waals surface area contributed by atoms with Gasteiger partial charge in [-0.15, -0.1) is 0 Å². The molecule has 0 saturated carbocycles. The summed E-state index contributed by atoms with van der Waals surface area (Å²) in [6, 6.07) is 11.5. The van der Waals surface area contributed by atoms with E-state index in [9.17, 15) is 4.79 Å². The number of anilines is 1. The van der Waals surface area contributed by atoms with Crippen molar-refractivity contribution in [2.75, 3.05) is 11.9 Å². The molecule has 7 heteroatoms. The van der Waals surface area contributed by atoms with Crippen molar-refractivity contribution >= 4 is 29.0 Å². The van der Waals surface area contributed by atoms with E-state index in [-0.39, 0.29) is 12.2 Å². The minimum Gasteiger partial charge on any atom is -0.363 e. The first-order chi connectivity index (χ1) is 14.9. The zero-order valence-corrected chi connectivity index (χ0v) is 18.6. The molecule has 1 atom stereocenters. The topological polar surface area (TPSA) is 69.3 Å². The molecule has 6 nitrogen and oxygen atoms in total. The number of halogens is 1. The average Bonchev–Trinajstić information content (AvgIpc) is 3.03.